The second kappa shape index (κ2) is 6.94. The van der Waals surface area contributed by atoms with E-state index in [1.54, 1.807) is 0 Å². The number of rotatable bonds is 6. The summed E-state index contributed by atoms with van der Waals surface area (Å²) >= 11 is 0. The van der Waals surface area contributed by atoms with E-state index in [4.69, 9.17) is 12.2 Å². The minimum Gasteiger partial charge on any atom is -0.328 e. The van der Waals surface area contributed by atoms with E-state index in [-0.39, 0.29) is 6.04 Å². The Hall–Kier alpha value is -0.520. The van der Waals surface area contributed by atoms with Gasteiger partial charge in [0.25, 0.3) is 0 Å². The molecule has 0 aromatic carbocycles. The van der Waals surface area contributed by atoms with Crippen LogP contribution in [0.25, 0.3) is 0 Å². The summed E-state index contributed by atoms with van der Waals surface area (Å²) in [5, 5.41) is 0. The molecular weight excluding hydrogens is 160 g/mol. The van der Waals surface area contributed by atoms with E-state index in [2.05, 4.69) is 24.7 Å². The van der Waals surface area contributed by atoms with Crippen LogP contribution in [0.4, 0.5) is 0 Å². The summed E-state index contributed by atoms with van der Waals surface area (Å²) in [5.41, 5.74) is 5.80. The lowest BCUT2D eigenvalue weighted by molar-refractivity contribution is 0.249. The van der Waals surface area contributed by atoms with Crippen LogP contribution in [0, 0.1) is 18.3 Å². The summed E-state index contributed by atoms with van der Waals surface area (Å²) in [4.78, 5) is 2.29. The Labute approximate surface area is 82.5 Å². The molecule has 0 aliphatic carbocycles. The molecule has 2 nitrogen and oxygen atoms in total. The predicted octanol–water partition coefficient (Wildman–Crippen LogP) is 1.31. The van der Waals surface area contributed by atoms with E-state index in [1.807, 2.05) is 6.92 Å². The molecule has 0 heterocycles. The van der Waals surface area contributed by atoms with Crippen LogP contribution in [-0.2, 0) is 0 Å². The van der Waals surface area contributed by atoms with Crippen molar-refractivity contribution in [1.82, 2.24) is 4.90 Å². The second-order valence-corrected chi connectivity index (χ2v) is 3.78. The highest BCUT2D eigenvalue weighted by atomic mass is 15.1. The first-order valence-corrected chi connectivity index (χ1v) is 5.03. The van der Waals surface area contributed by atoms with Gasteiger partial charge in [-0.2, -0.15) is 0 Å². The van der Waals surface area contributed by atoms with Gasteiger partial charge in [0, 0.05) is 12.6 Å². The number of nitrogens with zero attached hydrogens (tertiary/aromatic N) is 1. The van der Waals surface area contributed by atoms with Gasteiger partial charge in [-0.1, -0.05) is 19.8 Å². The standard InChI is InChI=1S/C11H22N2/c1-5-7-13(8-6-2)9-10(3)11(4)12/h1,10-11H,6-9,12H2,2-4H3. The van der Waals surface area contributed by atoms with Crippen LogP contribution >= 0.6 is 0 Å². The van der Waals surface area contributed by atoms with Gasteiger partial charge in [0.05, 0.1) is 6.54 Å². The smallest absolute Gasteiger partial charge is 0.0599 e. The van der Waals surface area contributed by atoms with Gasteiger partial charge in [0.15, 0.2) is 0 Å². The molecule has 2 heteroatoms. The van der Waals surface area contributed by atoms with Crippen molar-refractivity contribution >= 4 is 0 Å². The lowest BCUT2D eigenvalue weighted by Crippen LogP contribution is -2.36. The zero-order valence-corrected chi connectivity index (χ0v) is 9.09. The van der Waals surface area contributed by atoms with Crippen LogP contribution in [0.2, 0.25) is 0 Å². The highest BCUT2D eigenvalue weighted by Gasteiger charge is 2.11. The Morgan fingerprint density at radius 3 is 2.46 bits per heavy atom. The Morgan fingerprint density at radius 1 is 1.46 bits per heavy atom. The number of hydrogen-bond donors (Lipinski definition) is 1. The van der Waals surface area contributed by atoms with Gasteiger partial charge in [-0.25, -0.2) is 0 Å². The second-order valence-electron chi connectivity index (χ2n) is 3.78. The van der Waals surface area contributed by atoms with Gasteiger partial charge in [0.2, 0.25) is 0 Å². The van der Waals surface area contributed by atoms with Crippen molar-refractivity contribution in [1.29, 1.82) is 0 Å². The zero-order valence-electron chi connectivity index (χ0n) is 9.09. The Bertz CT molecular complexity index is 158. The highest BCUT2D eigenvalue weighted by Crippen LogP contribution is 2.03. The maximum Gasteiger partial charge on any atom is 0.0599 e. The van der Waals surface area contributed by atoms with Crippen molar-refractivity contribution in [2.24, 2.45) is 11.7 Å². The van der Waals surface area contributed by atoms with Gasteiger partial charge >= 0.3 is 0 Å². The molecule has 0 saturated carbocycles. The molecule has 76 valence electrons. The Morgan fingerprint density at radius 2 is 2.08 bits per heavy atom. The van der Waals surface area contributed by atoms with E-state index in [0.717, 1.165) is 26.1 Å². The predicted molar refractivity (Wildman–Crippen MR) is 58.4 cm³/mol. The van der Waals surface area contributed by atoms with Crippen molar-refractivity contribution in [3.05, 3.63) is 0 Å². The molecule has 2 N–H and O–H groups in total. The third-order valence-corrected chi connectivity index (χ3v) is 2.30. The molecule has 0 bridgehead atoms. The molecule has 0 aliphatic heterocycles. The molecule has 0 aliphatic rings. The topological polar surface area (TPSA) is 29.3 Å². The van der Waals surface area contributed by atoms with E-state index in [1.165, 1.54) is 0 Å². The lowest BCUT2D eigenvalue weighted by atomic mass is 10.0. The van der Waals surface area contributed by atoms with Crippen LogP contribution in [0.1, 0.15) is 27.2 Å². The van der Waals surface area contributed by atoms with Crippen molar-refractivity contribution in [2.45, 2.75) is 33.2 Å². The SMILES string of the molecule is C#CCN(CCC)CC(C)C(C)N. The van der Waals surface area contributed by atoms with E-state index >= 15 is 0 Å². The first kappa shape index (κ1) is 12.5. The average Bonchev–Trinajstić information content (AvgIpc) is 2.05. The van der Waals surface area contributed by atoms with Crippen molar-refractivity contribution in [2.75, 3.05) is 19.6 Å². The lowest BCUT2D eigenvalue weighted by Gasteiger charge is -2.25. The van der Waals surface area contributed by atoms with Crippen molar-refractivity contribution in [3.8, 4) is 12.3 Å². The van der Waals surface area contributed by atoms with E-state index < -0.39 is 0 Å². The van der Waals surface area contributed by atoms with Crippen LogP contribution in [0.3, 0.4) is 0 Å². The quantitative estimate of drug-likeness (QED) is 0.628. The molecule has 0 saturated heterocycles. The summed E-state index contributed by atoms with van der Waals surface area (Å²) in [5.74, 6) is 3.20. The number of nitrogens with two attached hydrogens (primary N) is 1. The molecule has 0 aromatic heterocycles. The molecular formula is C11H22N2. The summed E-state index contributed by atoms with van der Waals surface area (Å²) in [6, 6.07) is 0.247. The van der Waals surface area contributed by atoms with Crippen molar-refractivity contribution in [3.63, 3.8) is 0 Å². The molecule has 0 spiro atoms. The van der Waals surface area contributed by atoms with Crippen LogP contribution < -0.4 is 5.73 Å². The summed E-state index contributed by atoms with van der Waals surface area (Å²) in [6.45, 7) is 9.20. The molecule has 13 heavy (non-hydrogen) atoms. The molecule has 0 fully saturated rings. The normalized spacial score (nSPS) is 15.4. The monoisotopic (exact) mass is 182 g/mol. The first-order chi connectivity index (χ1) is 6.11. The fourth-order valence-electron chi connectivity index (χ4n) is 1.25. The number of hydrogen-bond acceptors (Lipinski definition) is 2. The number of terminal acetylenes is 1. The largest absolute Gasteiger partial charge is 0.328 e. The average molecular weight is 182 g/mol. The third kappa shape index (κ3) is 5.68. The van der Waals surface area contributed by atoms with Crippen LogP contribution in [-0.4, -0.2) is 30.6 Å². The van der Waals surface area contributed by atoms with E-state index in [0.29, 0.717) is 5.92 Å². The molecule has 0 aromatic rings. The molecule has 0 rings (SSSR count). The van der Waals surface area contributed by atoms with Gasteiger partial charge in [-0.15, -0.1) is 6.42 Å². The third-order valence-electron chi connectivity index (χ3n) is 2.30. The van der Waals surface area contributed by atoms with Gasteiger partial charge in [0.1, 0.15) is 0 Å². The summed E-state index contributed by atoms with van der Waals surface area (Å²) in [6.07, 6.45) is 6.43. The fourth-order valence-corrected chi connectivity index (χ4v) is 1.25. The van der Waals surface area contributed by atoms with Crippen molar-refractivity contribution < 1.29 is 0 Å². The Balaban J connectivity index is 3.87. The maximum atomic E-state index is 5.80. The first-order valence-electron chi connectivity index (χ1n) is 5.03. The van der Waals surface area contributed by atoms with E-state index in [9.17, 15) is 0 Å². The van der Waals surface area contributed by atoms with Crippen LogP contribution in [0.15, 0.2) is 0 Å². The highest BCUT2D eigenvalue weighted by molar-refractivity contribution is 4.88. The van der Waals surface area contributed by atoms with Gasteiger partial charge in [-0.05, 0) is 25.8 Å². The minimum absolute atomic E-state index is 0.247. The molecule has 2 atom stereocenters. The van der Waals surface area contributed by atoms with Gasteiger partial charge in [-0.3, -0.25) is 4.90 Å². The molecule has 0 radical (unpaired) electrons. The fraction of sp³-hybridized carbons (Fsp3) is 0.818. The maximum absolute atomic E-state index is 5.80. The molecule has 0 amide bonds. The zero-order chi connectivity index (χ0) is 10.3. The summed E-state index contributed by atoms with van der Waals surface area (Å²) in [7, 11) is 0. The summed E-state index contributed by atoms with van der Waals surface area (Å²) < 4.78 is 0. The Kier molecular flexibility index (Phi) is 6.66. The molecule has 2 unspecified atom stereocenters. The minimum atomic E-state index is 0.247. The van der Waals surface area contributed by atoms with Crippen LogP contribution in [0.5, 0.6) is 0 Å². The van der Waals surface area contributed by atoms with Gasteiger partial charge < -0.3 is 5.73 Å².